The van der Waals surface area contributed by atoms with Crippen LogP contribution < -0.4 is 15.2 Å². The number of carbonyl (C=O) groups is 1. The van der Waals surface area contributed by atoms with Crippen LogP contribution >= 0.6 is 0 Å². The molecule has 0 aliphatic carbocycles. The van der Waals surface area contributed by atoms with Crippen molar-refractivity contribution in [3.8, 4) is 22.8 Å². The number of aromatic nitrogens is 1. The van der Waals surface area contributed by atoms with Crippen LogP contribution in [0.3, 0.4) is 0 Å². The molecule has 1 saturated heterocycles. The molecule has 1 fully saturated rings. The standard InChI is InChI=1S/C26H28N4O6S/c1-35-21-7-9-23(10-8-21)37(33,34)30-15-17(13-25(31)32)12-20(30)16-36-22-5-2-18(3-6-22)24-11-4-19(14-29-24)26(27)28/h2-11,14,17,20H,12-13,15-16H2,1H3,(H3,27,28)(H,31,32)/t17-,20-/m0/s1. The zero-order valence-electron chi connectivity index (χ0n) is 20.2. The lowest BCUT2D eigenvalue weighted by atomic mass is 10.0. The van der Waals surface area contributed by atoms with E-state index in [-0.39, 0.29) is 36.2 Å². The molecule has 4 rings (SSSR count). The summed E-state index contributed by atoms with van der Waals surface area (Å²) in [6.45, 7) is 0.186. The number of sulfonamides is 1. The molecule has 1 aliphatic heterocycles. The van der Waals surface area contributed by atoms with E-state index in [1.165, 1.54) is 29.7 Å². The van der Waals surface area contributed by atoms with Gasteiger partial charge in [-0.3, -0.25) is 15.2 Å². The molecule has 2 atom stereocenters. The number of methoxy groups -OCH3 is 1. The van der Waals surface area contributed by atoms with E-state index in [1.54, 1.807) is 36.4 Å². The molecule has 0 bridgehead atoms. The summed E-state index contributed by atoms with van der Waals surface area (Å²) >= 11 is 0. The van der Waals surface area contributed by atoms with E-state index in [4.69, 9.17) is 20.6 Å². The van der Waals surface area contributed by atoms with Gasteiger partial charge in [-0.2, -0.15) is 4.31 Å². The number of pyridine rings is 1. The van der Waals surface area contributed by atoms with Crippen molar-refractivity contribution in [2.45, 2.75) is 23.8 Å². The summed E-state index contributed by atoms with van der Waals surface area (Å²) in [4.78, 5) is 15.7. The topological polar surface area (TPSA) is 156 Å². The molecule has 4 N–H and O–H groups in total. The Balaban J connectivity index is 1.48. The SMILES string of the molecule is COc1ccc(S(=O)(=O)N2C[C@H](CC(=O)O)C[C@H]2COc2ccc(-c3ccc(C(=N)N)cn3)cc2)cc1. The van der Waals surface area contributed by atoms with E-state index in [0.29, 0.717) is 29.2 Å². The minimum absolute atomic E-state index is 0.0525. The van der Waals surface area contributed by atoms with Crippen molar-refractivity contribution < 1.29 is 27.8 Å². The van der Waals surface area contributed by atoms with Gasteiger partial charge in [0.05, 0.1) is 23.7 Å². The summed E-state index contributed by atoms with van der Waals surface area (Å²) in [5, 5.41) is 16.7. The number of amidine groups is 1. The number of hydrogen-bond donors (Lipinski definition) is 3. The molecule has 0 radical (unpaired) electrons. The largest absolute Gasteiger partial charge is 0.497 e. The third kappa shape index (κ3) is 6.07. The van der Waals surface area contributed by atoms with Crippen LogP contribution in [0.25, 0.3) is 11.3 Å². The number of benzene rings is 2. The molecule has 11 heteroatoms. The van der Waals surface area contributed by atoms with Crippen molar-refractivity contribution in [1.82, 2.24) is 9.29 Å². The van der Waals surface area contributed by atoms with Crippen molar-refractivity contribution in [2.24, 2.45) is 11.7 Å². The van der Waals surface area contributed by atoms with Gasteiger partial charge in [0.25, 0.3) is 0 Å². The van der Waals surface area contributed by atoms with E-state index in [0.717, 1.165) is 5.56 Å². The number of aliphatic carboxylic acids is 1. The predicted molar refractivity (Wildman–Crippen MR) is 137 cm³/mol. The minimum Gasteiger partial charge on any atom is -0.497 e. The maximum Gasteiger partial charge on any atom is 0.303 e. The predicted octanol–water partition coefficient (Wildman–Crippen LogP) is 2.97. The van der Waals surface area contributed by atoms with Gasteiger partial charge < -0.3 is 20.3 Å². The highest BCUT2D eigenvalue weighted by molar-refractivity contribution is 7.89. The lowest BCUT2D eigenvalue weighted by Gasteiger charge is -2.24. The second kappa shape index (κ2) is 11.0. The molecule has 10 nitrogen and oxygen atoms in total. The van der Waals surface area contributed by atoms with E-state index in [9.17, 15) is 18.3 Å². The van der Waals surface area contributed by atoms with E-state index >= 15 is 0 Å². The highest BCUT2D eigenvalue weighted by Crippen LogP contribution is 2.32. The number of carboxylic acid groups (broad SMARTS) is 1. The Morgan fingerprint density at radius 1 is 1.11 bits per heavy atom. The summed E-state index contributed by atoms with van der Waals surface area (Å²) in [7, 11) is -2.36. The number of nitrogens with one attached hydrogen (secondary N) is 1. The highest BCUT2D eigenvalue weighted by Gasteiger charge is 2.41. The molecule has 0 amide bonds. The first-order valence-corrected chi connectivity index (χ1v) is 13.0. The Labute approximate surface area is 215 Å². The van der Waals surface area contributed by atoms with E-state index < -0.39 is 22.0 Å². The van der Waals surface area contributed by atoms with Gasteiger partial charge in [-0.15, -0.1) is 0 Å². The Morgan fingerprint density at radius 2 is 1.78 bits per heavy atom. The zero-order chi connectivity index (χ0) is 26.6. The average molecular weight is 525 g/mol. The fourth-order valence-electron chi connectivity index (χ4n) is 4.34. The van der Waals surface area contributed by atoms with Gasteiger partial charge in [0.2, 0.25) is 10.0 Å². The number of nitrogens with two attached hydrogens (primary N) is 1. The third-order valence-corrected chi connectivity index (χ3v) is 8.18. The molecule has 0 spiro atoms. The molecule has 0 saturated carbocycles. The van der Waals surface area contributed by atoms with Crippen LogP contribution in [-0.4, -0.2) is 60.9 Å². The number of carboxylic acids is 1. The van der Waals surface area contributed by atoms with Crippen molar-refractivity contribution in [3.05, 3.63) is 72.4 Å². The molecule has 1 aliphatic rings. The molecule has 2 heterocycles. The van der Waals surface area contributed by atoms with E-state index in [1.807, 2.05) is 12.1 Å². The molecule has 37 heavy (non-hydrogen) atoms. The van der Waals surface area contributed by atoms with Gasteiger partial charge in [-0.25, -0.2) is 8.42 Å². The van der Waals surface area contributed by atoms with Crippen LogP contribution in [0.4, 0.5) is 0 Å². The van der Waals surface area contributed by atoms with Crippen molar-refractivity contribution >= 4 is 21.8 Å². The quantitative estimate of drug-likeness (QED) is 0.270. The number of nitrogen functional groups attached to an aromatic ring is 1. The molecule has 2 aromatic carbocycles. The van der Waals surface area contributed by atoms with Gasteiger partial charge in [0, 0.05) is 30.3 Å². The normalized spacial score (nSPS) is 17.9. The zero-order valence-corrected chi connectivity index (χ0v) is 21.0. The number of rotatable bonds is 10. The number of hydrogen-bond acceptors (Lipinski definition) is 7. The first-order chi connectivity index (χ1) is 17.7. The minimum atomic E-state index is -3.87. The van der Waals surface area contributed by atoms with Gasteiger partial charge in [-0.1, -0.05) is 0 Å². The monoisotopic (exact) mass is 524 g/mol. The first-order valence-electron chi connectivity index (χ1n) is 11.6. The Morgan fingerprint density at radius 3 is 2.35 bits per heavy atom. The third-order valence-electron chi connectivity index (χ3n) is 6.25. The highest BCUT2D eigenvalue weighted by atomic mass is 32.2. The van der Waals surface area contributed by atoms with Crippen LogP contribution in [0, 0.1) is 11.3 Å². The Bertz CT molecular complexity index is 1360. The molecular weight excluding hydrogens is 496 g/mol. The Hall–Kier alpha value is -3.96. The van der Waals surface area contributed by atoms with Gasteiger partial charge in [-0.05, 0) is 73.0 Å². The van der Waals surface area contributed by atoms with Gasteiger partial charge >= 0.3 is 5.97 Å². The Kier molecular flexibility index (Phi) is 7.74. The molecule has 3 aromatic rings. The van der Waals surface area contributed by atoms with Crippen LogP contribution in [0.15, 0.2) is 71.8 Å². The van der Waals surface area contributed by atoms with Crippen LogP contribution in [0.5, 0.6) is 11.5 Å². The van der Waals surface area contributed by atoms with Crippen molar-refractivity contribution in [3.63, 3.8) is 0 Å². The molecular formula is C26H28N4O6S. The summed E-state index contributed by atoms with van der Waals surface area (Å²) in [6.07, 6.45) is 1.80. The summed E-state index contributed by atoms with van der Waals surface area (Å²) in [6, 6.07) is 16.3. The van der Waals surface area contributed by atoms with Crippen molar-refractivity contribution in [1.29, 1.82) is 5.41 Å². The van der Waals surface area contributed by atoms with Crippen LogP contribution in [0.1, 0.15) is 18.4 Å². The lowest BCUT2D eigenvalue weighted by molar-refractivity contribution is -0.138. The second-order valence-electron chi connectivity index (χ2n) is 8.78. The van der Waals surface area contributed by atoms with Crippen molar-refractivity contribution in [2.75, 3.05) is 20.3 Å². The number of nitrogens with zero attached hydrogens (tertiary/aromatic N) is 2. The summed E-state index contributed by atoms with van der Waals surface area (Å²) in [5.74, 6) is -0.243. The average Bonchev–Trinajstić information content (AvgIpc) is 3.30. The number of ether oxygens (including phenoxy) is 2. The second-order valence-corrected chi connectivity index (χ2v) is 10.7. The van der Waals surface area contributed by atoms with Gasteiger partial charge in [0.1, 0.15) is 23.9 Å². The van der Waals surface area contributed by atoms with Crippen LogP contribution in [0.2, 0.25) is 0 Å². The van der Waals surface area contributed by atoms with Crippen LogP contribution in [-0.2, 0) is 14.8 Å². The molecule has 1 aromatic heterocycles. The fourth-order valence-corrected chi connectivity index (χ4v) is 6.04. The van der Waals surface area contributed by atoms with Gasteiger partial charge in [0.15, 0.2) is 0 Å². The maximum absolute atomic E-state index is 13.4. The molecule has 194 valence electrons. The fraction of sp³-hybridized carbons (Fsp3) is 0.269. The molecule has 0 unspecified atom stereocenters. The first kappa shape index (κ1) is 26.1. The maximum atomic E-state index is 13.4. The summed E-state index contributed by atoms with van der Waals surface area (Å²) in [5.41, 5.74) is 7.56. The summed E-state index contributed by atoms with van der Waals surface area (Å²) < 4.78 is 39.2. The van der Waals surface area contributed by atoms with E-state index in [2.05, 4.69) is 4.98 Å². The lowest BCUT2D eigenvalue weighted by Crippen LogP contribution is -2.39. The smallest absolute Gasteiger partial charge is 0.303 e.